The maximum atomic E-state index is 11.4. The van der Waals surface area contributed by atoms with Crippen LogP contribution in [0, 0.1) is 0 Å². The first-order valence-corrected chi connectivity index (χ1v) is 8.31. The van der Waals surface area contributed by atoms with Gasteiger partial charge in [-0.25, -0.2) is 0 Å². The Bertz CT molecular complexity index is 565. The summed E-state index contributed by atoms with van der Waals surface area (Å²) in [5, 5.41) is 20.0. The lowest BCUT2D eigenvalue weighted by Crippen LogP contribution is -2.60. The standard InChI is InChI=1S/C16H20O7S/c1-9(18)21-14-12(8-17)23-16(15(13(14)20)22-10(2)19)24-11-6-4-3-5-7-11/h3-7,12-17,20H,8H2,1-2H3/t12-,13+,14+,15-,16+/m1/s1. The van der Waals surface area contributed by atoms with Gasteiger partial charge in [0, 0.05) is 18.7 Å². The van der Waals surface area contributed by atoms with Gasteiger partial charge in [0.1, 0.15) is 17.6 Å². The number of esters is 2. The number of aliphatic hydroxyl groups excluding tert-OH is 2. The normalized spacial score (nSPS) is 29.8. The van der Waals surface area contributed by atoms with Crippen molar-refractivity contribution >= 4 is 23.7 Å². The maximum Gasteiger partial charge on any atom is 0.303 e. The first-order chi connectivity index (χ1) is 11.4. The van der Waals surface area contributed by atoms with Crippen molar-refractivity contribution in [2.75, 3.05) is 6.61 Å². The van der Waals surface area contributed by atoms with Crippen LogP contribution >= 0.6 is 11.8 Å². The number of hydrogen-bond donors (Lipinski definition) is 2. The van der Waals surface area contributed by atoms with Crippen LogP contribution in [0.5, 0.6) is 0 Å². The van der Waals surface area contributed by atoms with Gasteiger partial charge in [-0.05, 0) is 12.1 Å². The van der Waals surface area contributed by atoms with Gasteiger partial charge in [-0.1, -0.05) is 30.0 Å². The summed E-state index contributed by atoms with van der Waals surface area (Å²) in [5.74, 6) is -1.22. The molecule has 0 bridgehead atoms. The van der Waals surface area contributed by atoms with Crippen molar-refractivity contribution in [3.63, 3.8) is 0 Å². The van der Waals surface area contributed by atoms with Crippen LogP contribution in [0.15, 0.2) is 35.2 Å². The second-order valence-electron chi connectivity index (χ2n) is 5.30. The predicted molar refractivity (Wildman–Crippen MR) is 85.2 cm³/mol. The third-order valence-corrected chi connectivity index (χ3v) is 4.55. The maximum absolute atomic E-state index is 11.4. The van der Waals surface area contributed by atoms with Gasteiger partial charge < -0.3 is 24.4 Å². The van der Waals surface area contributed by atoms with Crippen LogP contribution in [0.3, 0.4) is 0 Å². The van der Waals surface area contributed by atoms with Crippen LogP contribution < -0.4 is 0 Å². The number of ether oxygens (including phenoxy) is 3. The van der Waals surface area contributed by atoms with Gasteiger partial charge in [-0.3, -0.25) is 9.59 Å². The van der Waals surface area contributed by atoms with Crippen LogP contribution in [-0.4, -0.2) is 58.6 Å². The van der Waals surface area contributed by atoms with Crippen molar-refractivity contribution < 1.29 is 34.0 Å². The minimum Gasteiger partial charge on any atom is -0.457 e. The second kappa shape index (κ2) is 8.48. The van der Waals surface area contributed by atoms with E-state index in [0.29, 0.717) is 0 Å². The number of rotatable bonds is 5. The molecule has 1 saturated heterocycles. The lowest BCUT2D eigenvalue weighted by molar-refractivity contribution is -0.227. The Morgan fingerprint density at radius 2 is 1.71 bits per heavy atom. The summed E-state index contributed by atoms with van der Waals surface area (Å²) in [5.41, 5.74) is -0.754. The topological polar surface area (TPSA) is 102 Å². The first-order valence-electron chi connectivity index (χ1n) is 7.43. The Morgan fingerprint density at radius 3 is 2.25 bits per heavy atom. The van der Waals surface area contributed by atoms with Gasteiger partial charge in [0.05, 0.1) is 6.61 Å². The van der Waals surface area contributed by atoms with E-state index in [1.807, 2.05) is 30.3 Å². The van der Waals surface area contributed by atoms with Gasteiger partial charge in [-0.2, -0.15) is 0 Å². The van der Waals surface area contributed by atoms with Gasteiger partial charge in [-0.15, -0.1) is 0 Å². The van der Waals surface area contributed by atoms with Crippen LogP contribution in [0.1, 0.15) is 13.8 Å². The Hall–Kier alpha value is -1.61. The van der Waals surface area contributed by atoms with Gasteiger partial charge in [0.15, 0.2) is 12.2 Å². The van der Waals surface area contributed by atoms with E-state index in [1.54, 1.807) is 0 Å². The molecule has 1 heterocycles. The molecule has 5 atom stereocenters. The fourth-order valence-corrected chi connectivity index (χ4v) is 3.56. The highest BCUT2D eigenvalue weighted by atomic mass is 32.2. The third kappa shape index (κ3) is 4.70. The van der Waals surface area contributed by atoms with Crippen LogP contribution in [0.25, 0.3) is 0 Å². The van der Waals surface area contributed by atoms with E-state index in [4.69, 9.17) is 14.2 Å². The molecule has 7 nitrogen and oxygen atoms in total. The van der Waals surface area contributed by atoms with E-state index >= 15 is 0 Å². The minimum atomic E-state index is -1.31. The molecular weight excluding hydrogens is 336 g/mol. The summed E-state index contributed by atoms with van der Waals surface area (Å²) in [7, 11) is 0. The molecule has 2 N–H and O–H groups in total. The van der Waals surface area contributed by atoms with E-state index in [-0.39, 0.29) is 0 Å². The van der Waals surface area contributed by atoms with Crippen molar-refractivity contribution in [2.45, 2.75) is 48.6 Å². The SMILES string of the molecule is CC(=O)O[C@@H]1[C@H](O)[C@@H](OC(C)=O)[C@H](Sc2ccccc2)O[C@@H]1CO. The molecule has 1 aliphatic rings. The fourth-order valence-electron chi connectivity index (χ4n) is 2.42. The molecule has 0 saturated carbocycles. The first kappa shape index (κ1) is 18.7. The van der Waals surface area contributed by atoms with E-state index in [9.17, 15) is 19.8 Å². The molecule has 0 radical (unpaired) electrons. The Morgan fingerprint density at radius 1 is 1.12 bits per heavy atom. The molecule has 1 aromatic rings. The Labute approximate surface area is 143 Å². The van der Waals surface area contributed by atoms with Crippen molar-refractivity contribution in [3.8, 4) is 0 Å². The van der Waals surface area contributed by atoms with Crippen molar-refractivity contribution in [1.29, 1.82) is 0 Å². The summed E-state index contributed by atoms with van der Waals surface area (Å²) in [6, 6.07) is 9.23. The van der Waals surface area contributed by atoms with Gasteiger partial charge >= 0.3 is 11.9 Å². The molecule has 2 rings (SSSR count). The highest BCUT2D eigenvalue weighted by Gasteiger charge is 2.49. The second-order valence-corrected chi connectivity index (χ2v) is 6.47. The zero-order valence-electron chi connectivity index (χ0n) is 13.3. The van der Waals surface area contributed by atoms with E-state index in [0.717, 1.165) is 4.90 Å². The van der Waals surface area contributed by atoms with Crippen molar-refractivity contribution in [3.05, 3.63) is 30.3 Å². The summed E-state index contributed by atoms with van der Waals surface area (Å²) in [6.45, 7) is 1.95. The molecule has 0 amide bonds. The average Bonchev–Trinajstić information content (AvgIpc) is 2.53. The molecule has 0 spiro atoms. The quantitative estimate of drug-likeness (QED) is 0.744. The van der Waals surface area contributed by atoms with Gasteiger partial charge in [0.2, 0.25) is 0 Å². The zero-order chi connectivity index (χ0) is 17.7. The van der Waals surface area contributed by atoms with Crippen LogP contribution in [0.4, 0.5) is 0 Å². The smallest absolute Gasteiger partial charge is 0.303 e. The van der Waals surface area contributed by atoms with E-state index in [1.165, 1.54) is 25.6 Å². The Balaban J connectivity index is 2.23. The minimum absolute atomic E-state index is 0.451. The molecule has 24 heavy (non-hydrogen) atoms. The predicted octanol–water partition coefficient (Wildman–Crippen LogP) is 0.720. The highest BCUT2D eigenvalue weighted by molar-refractivity contribution is 7.99. The molecular formula is C16H20O7S. The summed E-state index contributed by atoms with van der Waals surface area (Å²) in [4.78, 5) is 23.5. The number of hydrogen-bond acceptors (Lipinski definition) is 8. The van der Waals surface area contributed by atoms with Crippen LogP contribution in [0.2, 0.25) is 0 Å². The molecule has 1 aromatic carbocycles. The molecule has 1 aliphatic heterocycles. The third-order valence-electron chi connectivity index (χ3n) is 3.40. The van der Waals surface area contributed by atoms with Crippen molar-refractivity contribution in [2.24, 2.45) is 0 Å². The summed E-state index contributed by atoms with van der Waals surface area (Å²) >= 11 is 1.25. The number of aliphatic hydroxyl groups is 2. The average molecular weight is 356 g/mol. The summed E-state index contributed by atoms with van der Waals surface area (Å²) in [6.07, 6.45) is -4.40. The van der Waals surface area contributed by atoms with E-state index in [2.05, 4.69) is 0 Å². The lowest BCUT2D eigenvalue weighted by Gasteiger charge is -2.42. The van der Waals surface area contributed by atoms with Gasteiger partial charge in [0.25, 0.3) is 0 Å². The molecule has 0 aliphatic carbocycles. The molecule has 132 valence electrons. The number of benzene rings is 1. The number of carbonyl (C=O) groups is 2. The molecule has 0 aromatic heterocycles. The summed E-state index contributed by atoms with van der Waals surface area (Å²) < 4.78 is 16.0. The number of thioether (sulfide) groups is 1. The number of carbonyl (C=O) groups excluding carboxylic acids is 2. The van der Waals surface area contributed by atoms with Crippen LogP contribution in [-0.2, 0) is 23.8 Å². The van der Waals surface area contributed by atoms with E-state index < -0.39 is 48.4 Å². The lowest BCUT2D eigenvalue weighted by atomic mass is 10.00. The monoisotopic (exact) mass is 356 g/mol. The molecule has 0 unspecified atom stereocenters. The molecule has 8 heteroatoms. The zero-order valence-corrected chi connectivity index (χ0v) is 14.1. The van der Waals surface area contributed by atoms with Crippen molar-refractivity contribution in [1.82, 2.24) is 0 Å². The Kier molecular flexibility index (Phi) is 6.61. The largest absolute Gasteiger partial charge is 0.457 e. The fraction of sp³-hybridized carbons (Fsp3) is 0.500. The molecule has 1 fully saturated rings. The highest BCUT2D eigenvalue weighted by Crippen LogP contribution is 2.35.